The quantitative estimate of drug-likeness (QED) is 0.828. The predicted octanol–water partition coefficient (Wildman–Crippen LogP) is 0.429. The van der Waals surface area contributed by atoms with Crippen LogP contribution in [0.25, 0.3) is 0 Å². The molecule has 0 radical (unpaired) electrons. The van der Waals surface area contributed by atoms with Crippen LogP contribution in [0.2, 0.25) is 0 Å². The molecule has 1 aliphatic rings. The lowest BCUT2D eigenvalue weighted by Crippen LogP contribution is -2.46. The van der Waals surface area contributed by atoms with Gasteiger partial charge < -0.3 is 16.0 Å². The topological polar surface area (TPSA) is 75.4 Å². The first-order chi connectivity index (χ1) is 9.09. The highest BCUT2D eigenvalue weighted by atomic mass is 16.2. The molecule has 1 unspecified atom stereocenters. The number of nitrogens with two attached hydrogens (primary N) is 1. The third-order valence-electron chi connectivity index (χ3n) is 3.24. The van der Waals surface area contributed by atoms with Crippen LogP contribution in [-0.2, 0) is 16.0 Å². The second-order valence-electron chi connectivity index (χ2n) is 4.78. The van der Waals surface area contributed by atoms with Crippen LogP contribution >= 0.6 is 0 Å². The molecule has 102 valence electrons. The molecule has 2 amide bonds. The summed E-state index contributed by atoms with van der Waals surface area (Å²) in [6.07, 6.45) is 1.94. The molecule has 1 heterocycles. The minimum absolute atomic E-state index is 0.00525. The van der Waals surface area contributed by atoms with Gasteiger partial charge in [0.15, 0.2) is 0 Å². The molecule has 0 aromatic heterocycles. The molecular formula is C14H19N3O2. The van der Waals surface area contributed by atoms with Crippen LogP contribution in [0.4, 0.5) is 5.69 Å². The van der Waals surface area contributed by atoms with Gasteiger partial charge in [-0.2, -0.15) is 0 Å². The summed E-state index contributed by atoms with van der Waals surface area (Å²) in [5, 5.41) is 2.55. The highest BCUT2D eigenvalue weighted by molar-refractivity contribution is 5.98. The normalized spacial score (nSPS) is 15.6. The zero-order valence-electron chi connectivity index (χ0n) is 11.1. The Labute approximate surface area is 112 Å². The molecule has 0 fully saturated rings. The van der Waals surface area contributed by atoms with Crippen LogP contribution in [0.1, 0.15) is 18.9 Å². The molecule has 2 rings (SSSR count). The molecule has 1 aliphatic heterocycles. The van der Waals surface area contributed by atoms with Crippen molar-refractivity contribution in [3.63, 3.8) is 0 Å². The van der Waals surface area contributed by atoms with E-state index in [-0.39, 0.29) is 18.4 Å². The van der Waals surface area contributed by atoms with E-state index in [4.69, 9.17) is 5.73 Å². The second-order valence-corrected chi connectivity index (χ2v) is 4.78. The molecule has 0 spiro atoms. The molecule has 3 N–H and O–H groups in total. The number of nitrogens with zero attached hydrogens (tertiary/aromatic N) is 1. The Balaban J connectivity index is 2.03. The highest BCUT2D eigenvalue weighted by Gasteiger charge is 2.22. The maximum absolute atomic E-state index is 12.2. The van der Waals surface area contributed by atoms with Crippen LogP contribution < -0.4 is 16.0 Å². The van der Waals surface area contributed by atoms with Gasteiger partial charge >= 0.3 is 0 Å². The molecular weight excluding hydrogens is 242 g/mol. The maximum atomic E-state index is 12.2. The fraction of sp³-hybridized carbons (Fsp3) is 0.429. The van der Waals surface area contributed by atoms with E-state index in [1.54, 1.807) is 11.8 Å². The van der Waals surface area contributed by atoms with Crippen molar-refractivity contribution in [3.05, 3.63) is 29.8 Å². The molecule has 0 saturated carbocycles. The third-order valence-corrected chi connectivity index (χ3v) is 3.24. The molecule has 5 heteroatoms. The van der Waals surface area contributed by atoms with E-state index in [0.717, 1.165) is 18.5 Å². The Morgan fingerprint density at radius 2 is 2.16 bits per heavy atom. The number of carbonyl (C=O) groups is 2. The molecule has 1 aromatic rings. The van der Waals surface area contributed by atoms with Crippen molar-refractivity contribution in [2.24, 2.45) is 5.73 Å². The summed E-state index contributed by atoms with van der Waals surface area (Å²) < 4.78 is 0. The lowest BCUT2D eigenvalue weighted by atomic mass is 10.0. The molecule has 0 bridgehead atoms. The summed E-state index contributed by atoms with van der Waals surface area (Å²) in [6, 6.07) is 7.28. The average Bonchev–Trinajstić information content (AvgIpc) is 2.43. The lowest BCUT2D eigenvalue weighted by Gasteiger charge is -2.29. The number of nitrogens with one attached hydrogen (secondary N) is 1. The number of fused-ring (bicyclic) bond motifs is 1. The molecule has 0 saturated heterocycles. The fourth-order valence-corrected chi connectivity index (χ4v) is 2.21. The van der Waals surface area contributed by atoms with Crippen LogP contribution in [0, 0.1) is 0 Å². The Morgan fingerprint density at radius 1 is 1.42 bits per heavy atom. The van der Waals surface area contributed by atoms with Gasteiger partial charge in [-0.05, 0) is 31.4 Å². The summed E-state index contributed by atoms with van der Waals surface area (Å²) in [7, 11) is 0. The first-order valence-corrected chi connectivity index (χ1v) is 6.51. The summed E-state index contributed by atoms with van der Waals surface area (Å²) >= 11 is 0. The fourth-order valence-electron chi connectivity index (χ4n) is 2.21. The second kappa shape index (κ2) is 5.84. The number of anilines is 1. The van der Waals surface area contributed by atoms with Crippen LogP contribution in [0.15, 0.2) is 24.3 Å². The van der Waals surface area contributed by atoms with Gasteiger partial charge in [-0.15, -0.1) is 0 Å². The van der Waals surface area contributed by atoms with Crippen molar-refractivity contribution in [1.29, 1.82) is 0 Å². The lowest BCUT2D eigenvalue weighted by molar-refractivity contribution is -0.125. The number of carbonyl (C=O) groups excluding carboxylic acids is 2. The van der Waals surface area contributed by atoms with Crippen LogP contribution in [0.3, 0.4) is 0 Å². The summed E-state index contributed by atoms with van der Waals surface area (Å²) in [6.45, 7) is 2.29. The Morgan fingerprint density at radius 3 is 2.89 bits per heavy atom. The van der Waals surface area contributed by atoms with Gasteiger partial charge in [0.25, 0.3) is 0 Å². The smallest absolute Gasteiger partial charge is 0.246 e. The van der Waals surface area contributed by atoms with Gasteiger partial charge in [0.05, 0.1) is 12.6 Å². The molecule has 19 heavy (non-hydrogen) atoms. The van der Waals surface area contributed by atoms with Crippen molar-refractivity contribution in [1.82, 2.24) is 5.32 Å². The third kappa shape index (κ3) is 3.12. The number of amides is 2. The SMILES string of the molecule is CC(N)C(=O)NCC(=O)N1CCCc2ccccc21. The van der Waals surface area contributed by atoms with Gasteiger partial charge in [0.1, 0.15) is 0 Å². The minimum atomic E-state index is -0.596. The first kappa shape index (κ1) is 13.5. The highest BCUT2D eigenvalue weighted by Crippen LogP contribution is 2.26. The summed E-state index contributed by atoms with van der Waals surface area (Å²) in [4.78, 5) is 25.3. The van der Waals surface area contributed by atoms with E-state index in [2.05, 4.69) is 5.32 Å². The van der Waals surface area contributed by atoms with Gasteiger partial charge in [-0.1, -0.05) is 18.2 Å². The number of benzene rings is 1. The van der Waals surface area contributed by atoms with E-state index in [0.29, 0.717) is 6.54 Å². The number of hydrogen-bond donors (Lipinski definition) is 2. The Hall–Kier alpha value is -1.88. The van der Waals surface area contributed by atoms with E-state index in [9.17, 15) is 9.59 Å². The molecule has 1 atom stereocenters. The number of rotatable bonds is 3. The van der Waals surface area contributed by atoms with Crippen molar-refractivity contribution in [2.75, 3.05) is 18.0 Å². The predicted molar refractivity (Wildman–Crippen MR) is 73.8 cm³/mol. The van der Waals surface area contributed by atoms with Gasteiger partial charge in [-0.25, -0.2) is 0 Å². The van der Waals surface area contributed by atoms with Crippen molar-refractivity contribution >= 4 is 17.5 Å². The van der Waals surface area contributed by atoms with E-state index < -0.39 is 6.04 Å². The summed E-state index contributed by atoms with van der Waals surface area (Å²) in [5.41, 5.74) is 7.57. The van der Waals surface area contributed by atoms with Crippen molar-refractivity contribution < 1.29 is 9.59 Å². The Kier molecular flexibility index (Phi) is 4.16. The zero-order valence-corrected chi connectivity index (χ0v) is 11.1. The van der Waals surface area contributed by atoms with Crippen molar-refractivity contribution in [3.8, 4) is 0 Å². The Bertz CT molecular complexity index is 485. The maximum Gasteiger partial charge on any atom is 0.246 e. The average molecular weight is 261 g/mol. The van der Waals surface area contributed by atoms with Gasteiger partial charge in [0, 0.05) is 12.2 Å². The number of para-hydroxylation sites is 1. The molecule has 1 aromatic carbocycles. The number of aryl methyl sites for hydroxylation is 1. The number of hydrogen-bond acceptors (Lipinski definition) is 3. The van der Waals surface area contributed by atoms with Crippen LogP contribution in [-0.4, -0.2) is 30.9 Å². The van der Waals surface area contributed by atoms with Crippen LogP contribution in [0.5, 0.6) is 0 Å². The zero-order chi connectivity index (χ0) is 13.8. The molecule has 5 nitrogen and oxygen atoms in total. The van der Waals surface area contributed by atoms with Gasteiger partial charge in [-0.3, -0.25) is 9.59 Å². The summed E-state index contributed by atoms with van der Waals surface area (Å²) in [5.74, 6) is -0.403. The minimum Gasteiger partial charge on any atom is -0.346 e. The standard InChI is InChI=1S/C14H19N3O2/c1-10(15)14(19)16-9-13(18)17-8-4-6-11-5-2-3-7-12(11)17/h2-3,5,7,10H,4,6,8-9,15H2,1H3,(H,16,19). The van der Waals surface area contributed by atoms with Crippen molar-refractivity contribution in [2.45, 2.75) is 25.8 Å². The first-order valence-electron chi connectivity index (χ1n) is 6.51. The molecule has 0 aliphatic carbocycles. The monoisotopic (exact) mass is 261 g/mol. The largest absolute Gasteiger partial charge is 0.346 e. The van der Waals surface area contributed by atoms with E-state index in [1.165, 1.54) is 5.56 Å². The van der Waals surface area contributed by atoms with E-state index >= 15 is 0 Å². The van der Waals surface area contributed by atoms with E-state index in [1.807, 2.05) is 24.3 Å². The van der Waals surface area contributed by atoms with Gasteiger partial charge in [0.2, 0.25) is 11.8 Å².